The van der Waals surface area contributed by atoms with Crippen LogP contribution >= 0.6 is 12.4 Å². The van der Waals surface area contributed by atoms with Crippen LogP contribution in [0.15, 0.2) is 24.3 Å². The van der Waals surface area contributed by atoms with Gasteiger partial charge in [-0.05, 0) is 50.9 Å². The predicted octanol–water partition coefficient (Wildman–Crippen LogP) is 1.94. The van der Waals surface area contributed by atoms with Crippen molar-refractivity contribution in [2.24, 2.45) is 5.92 Å². The molecule has 1 fully saturated rings. The van der Waals surface area contributed by atoms with Gasteiger partial charge in [-0.3, -0.25) is 19.3 Å². The molecule has 3 amide bonds. The first-order chi connectivity index (χ1) is 12.1. The monoisotopic (exact) mass is 379 g/mol. The summed E-state index contributed by atoms with van der Waals surface area (Å²) in [5, 5.41) is 3.17. The standard InChI is InChI=1S/C19H25N3O3.ClH/c1-20-10-6-14-7-11-21(12-8-14)17(23)9-13-22-18(24)15-4-2-3-5-16(15)19(22)25;/h2-5,14,20H,6-13H2,1H3;1H. The van der Waals surface area contributed by atoms with Gasteiger partial charge in [-0.1, -0.05) is 12.1 Å². The Morgan fingerprint density at radius 2 is 1.69 bits per heavy atom. The molecule has 1 saturated heterocycles. The lowest BCUT2D eigenvalue weighted by Crippen LogP contribution is -2.41. The summed E-state index contributed by atoms with van der Waals surface area (Å²) in [6.07, 6.45) is 3.40. The number of amides is 3. The number of imide groups is 1. The summed E-state index contributed by atoms with van der Waals surface area (Å²) in [7, 11) is 1.96. The van der Waals surface area contributed by atoms with Crippen molar-refractivity contribution in [1.29, 1.82) is 0 Å². The van der Waals surface area contributed by atoms with Gasteiger partial charge in [0.15, 0.2) is 0 Å². The maximum absolute atomic E-state index is 12.4. The van der Waals surface area contributed by atoms with Crippen molar-refractivity contribution < 1.29 is 14.4 Å². The van der Waals surface area contributed by atoms with Gasteiger partial charge < -0.3 is 10.2 Å². The number of likely N-dealkylation sites (tertiary alicyclic amines) is 1. The largest absolute Gasteiger partial charge is 0.343 e. The number of carbonyl (C=O) groups is 3. The number of piperidine rings is 1. The molecule has 2 heterocycles. The van der Waals surface area contributed by atoms with Crippen LogP contribution in [0, 0.1) is 5.92 Å². The van der Waals surface area contributed by atoms with Crippen molar-refractivity contribution in [2.75, 3.05) is 33.2 Å². The van der Waals surface area contributed by atoms with E-state index in [9.17, 15) is 14.4 Å². The average molecular weight is 380 g/mol. The Balaban J connectivity index is 0.00000243. The Bertz CT molecular complexity index is 637. The van der Waals surface area contributed by atoms with E-state index in [1.54, 1.807) is 24.3 Å². The Morgan fingerprint density at radius 1 is 1.12 bits per heavy atom. The lowest BCUT2D eigenvalue weighted by molar-refractivity contribution is -0.132. The topological polar surface area (TPSA) is 69.7 Å². The second-order valence-corrected chi connectivity index (χ2v) is 6.77. The number of hydrogen-bond acceptors (Lipinski definition) is 4. The van der Waals surface area contributed by atoms with Crippen molar-refractivity contribution >= 4 is 30.1 Å². The fourth-order valence-electron chi connectivity index (χ4n) is 3.63. The minimum absolute atomic E-state index is 0. The SMILES string of the molecule is CNCCC1CCN(C(=O)CCN2C(=O)c3ccccc3C2=O)CC1.Cl. The van der Waals surface area contributed by atoms with Crippen LogP contribution < -0.4 is 5.32 Å². The molecule has 0 aliphatic carbocycles. The number of nitrogens with one attached hydrogen (secondary N) is 1. The first kappa shape index (κ1) is 20.4. The summed E-state index contributed by atoms with van der Waals surface area (Å²) in [6, 6.07) is 6.81. The number of carbonyl (C=O) groups excluding carboxylic acids is 3. The van der Waals surface area contributed by atoms with Crippen molar-refractivity contribution in [3.05, 3.63) is 35.4 Å². The van der Waals surface area contributed by atoms with Crippen molar-refractivity contribution in [1.82, 2.24) is 15.1 Å². The molecule has 0 aromatic heterocycles. The van der Waals surface area contributed by atoms with Gasteiger partial charge in [0.1, 0.15) is 0 Å². The summed E-state index contributed by atoms with van der Waals surface area (Å²) in [4.78, 5) is 40.1. The highest BCUT2D eigenvalue weighted by Crippen LogP contribution is 2.23. The number of fused-ring (bicyclic) bond motifs is 1. The molecule has 142 valence electrons. The van der Waals surface area contributed by atoms with Crippen LogP contribution in [-0.2, 0) is 4.79 Å². The molecule has 0 atom stereocenters. The molecule has 1 N–H and O–H groups in total. The molecule has 26 heavy (non-hydrogen) atoms. The smallest absolute Gasteiger partial charge is 0.261 e. The van der Waals surface area contributed by atoms with E-state index in [2.05, 4.69) is 5.32 Å². The number of hydrogen-bond donors (Lipinski definition) is 1. The van der Waals surface area contributed by atoms with E-state index in [4.69, 9.17) is 0 Å². The zero-order chi connectivity index (χ0) is 17.8. The molecule has 6 nitrogen and oxygen atoms in total. The van der Waals surface area contributed by atoms with Crippen LogP contribution in [0.1, 0.15) is 46.4 Å². The quantitative estimate of drug-likeness (QED) is 0.767. The maximum Gasteiger partial charge on any atom is 0.261 e. The Kier molecular flexibility index (Phi) is 7.17. The van der Waals surface area contributed by atoms with Crippen molar-refractivity contribution in [3.63, 3.8) is 0 Å². The Hall–Kier alpha value is -1.92. The van der Waals surface area contributed by atoms with Crippen LogP contribution in [0.4, 0.5) is 0 Å². The summed E-state index contributed by atoms with van der Waals surface area (Å²) in [5.41, 5.74) is 0.871. The molecule has 2 aliphatic rings. The van der Waals surface area contributed by atoms with Crippen LogP contribution in [0.2, 0.25) is 0 Å². The highest BCUT2D eigenvalue weighted by molar-refractivity contribution is 6.21. The molecule has 0 bridgehead atoms. The third kappa shape index (κ3) is 4.24. The normalized spacial score (nSPS) is 17.3. The predicted molar refractivity (Wildman–Crippen MR) is 102 cm³/mol. The molecule has 2 aliphatic heterocycles. The zero-order valence-electron chi connectivity index (χ0n) is 15.1. The second kappa shape index (κ2) is 9.14. The first-order valence-electron chi connectivity index (χ1n) is 8.99. The molecule has 0 unspecified atom stereocenters. The van der Waals surface area contributed by atoms with Crippen LogP contribution in [0.3, 0.4) is 0 Å². The van der Waals surface area contributed by atoms with E-state index >= 15 is 0 Å². The van der Waals surface area contributed by atoms with Gasteiger partial charge in [0, 0.05) is 26.1 Å². The number of halogens is 1. The molecule has 0 saturated carbocycles. The molecule has 0 radical (unpaired) electrons. The van der Waals surface area contributed by atoms with Gasteiger partial charge in [-0.15, -0.1) is 12.4 Å². The summed E-state index contributed by atoms with van der Waals surface area (Å²) >= 11 is 0. The van der Waals surface area contributed by atoms with Gasteiger partial charge in [0.05, 0.1) is 11.1 Å². The second-order valence-electron chi connectivity index (χ2n) is 6.77. The summed E-state index contributed by atoms with van der Waals surface area (Å²) < 4.78 is 0. The van der Waals surface area contributed by atoms with E-state index in [1.807, 2.05) is 11.9 Å². The molecule has 1 aromatic rings. The van der Waals surface area contributed by atoms with Crippen LogP contribution in [0.25, 0.3) is 0 Å². The molecule has 1 aromatic carbocycles. The lowest BCUT2D eigenvalue weighted by Gasteiger charge is -2.32. The fourth-order valence-corrected chi connectivity index (χ4v) is 3.63. The molecular formula is C19H26ClN3O3. The Labute approximate surface area is 160 Å². The van der Waals surface area contributed by atoms with Crippen molar-refractivity contribution in [3.8, 4) is 0 Å². The number of rotatable bonds is 6. The zero-order valence-corrected chi connectivity index (χ0v) is 15.9. The van der Waals surface area contributed by atoms with Gasteiger partial charge in [-0.2, -0.15) is 0 Å². The average Bonchev–Trinajstić information content (AvgIpc) is 2.89. The molecule has 0 spiro atoms. The fraction of sp³-hybridized carbons (Fsp3) is 0.526. The van der Waals surface area contributed by atoms with Crippen LogP contribution in [-0.4, -0.2) is 60.7 Å². The number of benzene rings is 1. The van der Waals surface area contributed by atoms with E-state index in [-0.39, 0.29) is 43.1 Å². The van der Waals surface area contributed by atoms with E-state index in [0.717, 1.165) is 38.9 Å². The third-order valence-electron chi connectivity index (χ3n) is 5.20. The molecule has 7 heteroatoms. The van der Waals surface area contributed by atoms with Gasteiger partial charge in [-0.25, -0.2) is 0 Å². The van der Waals surface area contributed by atoms with Gasteiger partial charge >= 0.3 is 0 Å². The van der Waals surface area contributed by atoms with E-state index in [0.29, 0.717) is 17.0 Å². The third-order valence-corrected chi connectivity index (χ3v) is 5.20. The maximum atomic E-state index is 12.4. The summed E-state index contributed by atoms with van der Waals surface area (Å²) in [6.45, 7) is 2.72. The van der Waals surface area contributed by atoms with Gasteiger partial charge in [0.2, 0.25) is 5.91 Å². The van der Waals surface area contributed by atoms with E-state index in [1.165, 1.54) is 4.90 Å². The Morgan fingerprint density at radius 3 is 2.23 bits per heavy atom. The van der Waals surface area contributed by atoms with Crippen LogP contribution in [0.5, 0.6) is 0 Å². The van der Waals surface area contributed by atoms with Crippen molar-refractivity contribution in [2.45, 2.75) is 25.7 Å². The van der Waals surface area contributed by atoms with Gasteiger partial charge in [0.25, 0.3) is 11.8 Å². The minimum Gasteiger partial charge on any atom is -0.343 e. The van der Waals surface area contributed by atoms with E-state index < -0.39 is 0 Å². The highest BCUT2D eigenvalue weighted by atomic mass is 35.5. The minimum atomic E-state index is -0.292. The summed E-state index contributed by atoms with van der Waals surface area (Å²) in [5.74, 6) is 0.120. The first-order valence-corrected chi connectivity index (χ1v) is 8.99. The highest BCUT2D eigenvalue weighted by Gasteiger charge is 2.35. The lowest BCUT2D eigenvalue weighted by atomic mass is 9.93. The number of nitrogens with zero attached hydrogens (tertiary/aromatic N) is 2. The molecule has 3 rings (SSSR count). The molecular weight excluding hydrogens is 354 g/mol.